The molecule has 0 spiro atoms. The number of hydrogen-bond acceptors (Lipinski definition) is 2. The van der Waals surface area contributed by atoms with E-state index < -0.39 is 5.41 Å². The maximum atomic E-state index is 6.68. The number of hydrogen-bond donors (Lipinski definition) is 1. The first kappa shape index (κ1) is 29.8. The van der Waals surface area contributed by atoms with Crippen LogP contribution in [0.2, 0.25) is 0 Å². The normalized spacial score (nSPS) is 13.2. The van der Waals surface area contributed by atoms with Gasteiger partial charge in [-0.3, -0.25) is 0 Å². The van der Waals surface area contributed by atoms with Crippen LogP contribution in [0, 0.1) is 13.8 Å². The van der Waals surface area contributed by atoms with Crippen LogP contribution in [-0.2, 0) is 17.3 Å². The molecule has 0 bridgehead atoms. The van der Waals surface area contributed by atoms with E-state index in [-0.39, 0.29) is 5.41 Å². The summed E-state index contributed by atoms with van der Waals surface area (Å²) in [5, 5.41) is 1.88. The van der Waals surface area contributed by atoms with Gasteiger partial charge in [-0.05, 0) is 82.5 Å². The largest absolute Gasteiger partial charge is 0.311 e. The van der Waals surface area contributed by atoms with Gasteiger partial charge in [0.15, 0.2) is 0 Å². The quantitative estimate of drug-likeness (QED) is 0.139. The predicted molar refractivity (Wildman–Crippen MR) is 193 cm³/mol. The molecule has 6 aromatic carbocycles. The van der Waals surface area contributed by atoms with Crippen LogP contribution in [0.4, 0.5) is 5.69 Å². The molecule has 46 heavy (non-hydrogen) atoms. The molecule has 0 fully saturated rings. The number of nitrogens with two attached hydrogens (primary N) is 1. The lowest BCUT2D eigenvalue weighted by Gasteiger charge is -2.34. The van der Waals surface area contributed by atoms with Crippen molar-refractivity contribution in [2.75, 3.05) is 11.6 Å². The molecule has 2 N–H and O–H groups in total. The molecular weight excluding hydrogens is 556 g/mol. The van der Waals surface area contributed by atoms with Crippen molar-refractivity contribution in [2.45, 2.75) is 44.9 Å². The van der Waals surface area contributed by atoms with Crippen molar-refractivity contribution < 1.29 is 0 Å². The van der Waals surface area contributed by atoms with Gasteiger partial charge >= 0.3 is 0 Å². The van der Waals surface area contributed by atoms with Crippen molar-refractivity contribution in [3.05, 3.63) is 196 Å². The molecule has 0 unspecified atom stereocenters. The van der Waals surface area contributed by atoms with E-state index in [2.05, 4.69) is 173 Å². The zero-order chi connectivity index (χ0) is 31.9. The van der Waals surface area contributed by atoms with Gasteiger partial charge in [0.2, 0.25) is 0 Å². The third-order valence-corrected chi connectivity index (χ3v) is 10.2. The summed E-state index contributed by atoms with van der Waals surface area (Å²) in [5.41, 5.74) is 14.8. The number of rotatable bonds is 8. The maximum absolute atomic E-state index is 6.68. The molecule has 6 aromatic rings. The summed E-state index contributed by atoms with van der Waals surface area (Å²) in [6, 6.07) is 53.6. The zero-order valence-corrected chi connectivity index (χ0v) is 27.3. The minimum atomic E-state index is -0.396. The first-order chi connectivity index (χ1) is 22.3. The van der Waals surface area contributed by atoms with E-state index in [1.54, 1.807) is 0 Å². The molecule has 0 amide bonds. The van der Waals surface area contributed by atoms with Gasteiger partial charge in [0.1, 0.15) is 0 Å². The smallest absolute Gasteiger partial charge is 0.0713 e. The molecule has 228 valence electrons. The molecule has 1 aliphatic carbocycles. The third-order valence-electron chi connectivity index (χ3n) is 10.2. The second kappa shape index (κ2) is 11.8. The van der Waals surface area contributed by atoms with Crippen LogP contribution >= 0.6 is 0 Å². The SMILES string of the molecule is Cc1ccc(C(C)(C)c2ccc(CCN(N)c3ccc(C4(c5ccc(C)cc5)c5ccccc5-c5ccccc54)cc3)cc2)cc1. The van der Waals surface area contributed by atoms with Gasteiger partial charge in [0, 0.05) is 12.0 Å². The monoisotopic (exact) mass is 598 g/mol. The molecule has 0 atom stereocenters. The fraction of sp³-hybridized carbons (Fsp3) is 0.182. The van der Waals surface area contributed by atoms with Crippen molar-refractivity contribution >= 4 is 5.69 Å². The van der Waals surface area contributed by atoms with E-state index in [1.807, 2.05) is 5.01 Å². The van der Waals surface area contributed by atoms with Crippen LogP contribution in [0.25, 0.3) is 11.1 Å². The predicted octanol–water partition coefficient (Wildman–Crippen LogP) is 9.92. The van der Waals surface area contributed by atoms with Gasteiger partial charge < -0.3 is 5.01 Å². The van der Waals surface area contributed by atoms with E-state index in [1.165, 1.54) is 61.2 Å². The number of nitrogens with zero attached hydrogens (tertiary/aromatic N) is 1. The first-order valence-electron chi connectivity index (χ1n) is 16.3. The average Bonchev–Trinajstić information content (AvgIpc) is 3.39. The van der Waals surface area contributed by atoms with E-state index in [0.29, 0.717) is 0 Å². The minimum Gasteiger partial charge on any atom is -0.311 e. The number of anilines is 1. The summed E-state index contributed by atoms with van der Waals surface area (Å²) >= 11 is 0. The lowest BCUT2D eigenvalue weighted by molar-refractivity contribution is 0.640. The fourth-order valence-electron chi connectivity index (χ4n) is 7.33. The summed E-state index contributed by atoms with van der Waals surface area (Å²) in [4.78, 5) is 0. The summed E-state index contributed by atoms with van der Waals surface area (Å²) < 4.78 is 0. The molecule has 7 rings (SSSR count). The summed E-state index contributed by atoms with van der Waals surface area (Å²) in [7, 11) is 0. The Morgan fingerprint density at radius 1 is 0.543 bits per heavy atom. The standard InChI is InChI=1S/C44H42N2/c1-31-13-19-34(20-14-31)43(3,4)35-23-17-33(18-24-35)29-30-46(45)38-27-25-37(26-28-38)44(36-21-15-32(2)16-22-36)41-11-7-5-9-39(41)40-10-6-8-12-42(40)44/h5-28H,29-30,45H2,1-4H3. The Bertz CT molecular complexity index is 1920. The van der Waals surface area contributed by atoms with E-state index in [9.17, 15) is 0 Å². The molecule has 0 saturated heterocycles. The molecule has 2 heteroatoms. The van der Waals surface area contributed by atoms with Crippen molar-refractivity contribution in [1.29, 1.82) is 0 Å². The second-order valence-corrected chi connectivity index (χ2v) is 13.4. The van der Waals surface area contributed by atoms with Crippen LogP contribution in [0.1, 0.15) is 63.9 Å². The Kier molecular flexibility index (Phi) is 7.63. The molecule has 0 radical (unpaired) electrons. The topological polar surface area (TPSA) is 29.3 Å². The molecule has 0 aliphatic heterocycles. The van der Waals surface area contributed by atoms with E-state index in [4.69, 9.17) is 5.84 Å². The van der Waals surface area contributed by atoms with Gasteiger partial charge in [-0.2, -0.15) is 0 Å². The maximum Gasteiger partial charge on any atom is 0.0713 e. The number of benzene rings is 6. The van der Waals surface area contributed by atoms with Gasteiger partial charge in [0.05, 0.1) is 11.1 Å². The minimum absolute atomic E-state index is 0.0514. The fourth-order valence-corrected chi connectivity index (χ4v) is 7.33. The summed E-state index contributed by atoms with van der Waals surface area (Å²) in [6.07, 6.45) is 0.873. The van der Waals surface area contributed by atoms with Gasteiger partial charge in [-0.25, -0.2) is 5.84 Å². The number of hydrazine groups is 1. The van der Waals surface area contributed by atoms with Gasteiger partial charge in [0.25, 0.3) is 0 Å². The number of aryl methyl sites for hydroxylation is 2. The highest BCUT2D eigenvalue weighted by Crippen LogP contribution is 2.56. The number of fused-ring (bicyclic) bond motifs is 3. The van der Waals surface area contributed by atoms with Crippen molar-refractivity contribution in [2.24, 2.45) is 5.84 Å². The van der Waals surface area contributed by atoms with Gasteiger partial charge in [-0.1, -0.05) is 158 Å². The Labute approximate surface area is 274 Å². The van der Waals surface area contributed by atoms with Crippen molar-refractivity contribution in [3.8, 4) is 11.1 Å². The molecule has 0 aromatic heterocycles. The molecule has 0 saturated carbocycles. The second-order valence-electron chi connectivity index (χ2n) is 13.4. The molecule has 0 heterocycles. The highest BCUT2D eigenvalue weighted by molar-refractivity contribution is 5.86. The Morgan fingerprint density at radius 3 is 1.50 bits per heavy atom. The van der Waals surface area contributed by atoms with Crippen LogP contribution in [0.3, 0.4) is 0 Å². The lowest BCUT2D eigenvalue weighted by atomic mass is 9.67. The van der Waals surface area contributed by atoms with E-state index in [0.717, 1.165) is 18.7 Å². The summed E-state index contributed by atoms with van der Waals surface area (Å²) in [6.45, 7) is 9.61. The van der Waals surface area contributed by atoms with Crippen molar-refractivity contribution in [3.63, 3.8) is 0 Å². The first-order valence-corrected chi connectivity index (χ1v) is 16.3. The third kappa shape index (κ3) is 5.04. The van der Waals surface area contributed by atoms with Gasteiger partial charge in [-0.15, -0.1) is 0 Å². The van der Waals surface area contributed by atoms with Crippen LogP contribution in [-0.4, -0.2) is 6.54 Å². The highest BCUT2D eigenvalue weighted by atomic mass is 15.4. The molecular formula is C44H42N2. The average molecular weight is 599 g/mol. The lowest BCUT2D eigenvalue weighted by Crippen LogP contribution is -2.33. The van der Waals surface area contributed by atoms with Crippen LogP contribution < -0.4 is 10.9 Å². The zero-order valence-electron chi connectivity index (χ0n) is 27.3. The molecule has 1 aliphatic rings. The Hall–Kier alpha value is -4.92. The Morgan fingerprint density at radius 2 is 0.978 bits per heavy atom. The summed E-state index contributed by atoms with van der Waals surface area (Å²) in [5.74, 6) is 6.68. The van der Waals surface area contributed by atoms with Crippen molar-refractivity contribution in [1.82, 2.24) is 0 Å². The van der Waals surface area contributed by atoms with E-state index >= 15 is 0 Å². The Balaban J connectivity index is 1.14. The molecule has 2 nitrogen and oxygen atoms in total. The van der Waals surface area contributed by atoms with Crippen LogP contribution in [0.15, 0.2) is 146 Å². The highest BCUT2D eigenvalue weighted by Gasteiger charge is 2.45. The van der Waals surface area contributed by atoms with Crippen LogP contribution in [0.5, 0.6) is 0 Å².